The van der Waals surface area contributed by atoms with Crippen LogP contribution in [0.25, 0.3) is 0 Å². The van der Waals surface area contributed by atoms with Gasteiger partial charge in [0.2, 0.25) is 0 Å². The molecule has 0 aromatic rings. The van der Waals surface area contributed by atoms with Crippen LogP contribution in [-0.4, -0.2) is 37.2 Å². The molecular weight excluding hydrogens is 817 g/mol. The number of carbonyl (C=O) groups is 3. The second kappa shape index (κ2) is 54.5. The van der Waals surface area contributed by atoms with Crippen molar-refractivity contribution in [2.75, 3.05) is 13.2 Å². The average Bonchev–Trinajstić information content (AvgIpc) is 3.31. The molecule has 0 unspecified atom stereocenters. The van der Waals surface area contributed by atoms with Crippen molar-refractivity contribution in [1.29, 1.82) is 0 Å². The molecular formula is C60H104O6. The Balaban J connectivity index is 4.46. The molecule has 0 heterocycles. The van der Waals surface area contributed by atoms with Gasteiger partial charge in [-0.3, -0.25) is 14.4 Å². The third kappa shape index (κ3) is 51.8. The molecule has 0 aliphatic carbocycles. The van der Waals surface area contributed by atoms with Gasteiger partial charge in [-0.2, -0.15) is 0 Å². The number of allylic oxidation sites excluding steroid dienone is 12. The zero-order valence-electron chi connectivity index (χ0n) is 43.4. The summed E-state index contributed by atoms with van der Waals surface area (Å²) in [4.78, 5) is 38.1. The Hall–Kier alpha value is -3.15. The fourth-order valence-corrected chi connectivity index (χ4v) is 7.65. The Kier molecular flexibility index (Phi) is 51.9. The topological polar surface area (TPSA) is 78.9 Å². The monoisotopic (exact) mass is 921 g/mol. The Morgan fingerprint density at radius 2 is 0.545 bits per heavy atom. The quantitative estimate of drug-likeness (QED) is 0.0262. The van der Waals surface area contributed by atoms with Crippen molar-refractivity contribution >= 4 is 17.9 Å². The Morgan fingerprint density at radius 3 is 0.894 bits per heavy atom. The van der Waals surface area contributed by atoms with E-state index in [9.17, 15) is 14.4 Å². The van der Waals surface area contributed by atoms with Crippen molar-refractivity contribution in [2.45, 2.75) is 277 Å². The molecule has 0 aliphatic rings. The summed E-state index contributed by atoms with van der Waals surface area (Å²) < 4.78 is 16.8. The van der Waals surface area contributed by atoms with Crippen molar-refractivity contribution in [3.8, 4) is 0 Å². The maximum absolute atomic E-state index is 12.8. The summed E-state index contributed by atoms with van der Waals surface area (Å²) in [6.45, 7) is 6.56. The maximum atomic E-state index is 12.8. The van der Waals surface area contributed by atoms with Gasteiger partial charge in [-0.1, -0.05) is 209 Å². The molecule has 0 spiro atoms. The lowest BCUT2D eigenvalue weighted by Crippen LogP contribution is -2.30. The second-order valence-electron chi connectivity index (χ2n) is 18.5. The van der Waals surface area contributed by atoms with Crippen LogP contribution in [0.15, 0.2) is 72.9 Å². The third-order valence-corrected chi connectivity index (χ3v) is 11.9. The number of unbranched alkanes of at least 4 members (excludes halogenated alkanes) is 27. The SMILES string of the molecule is CCCCC/C=C\C/C=C\C/C=C\CCCCCCC(=O)OC[C@@H](COC(=O)CCCCCCC/C=C\C/C=C\CCCCC)OC(=O)CCCCCCC/C=C\CCCCCCCCC. The molecule has 6 nitrogen and oxygen atoms in total. The van der Waals surface area contributed by atoms with Crippen molar-refractivity contribution in [2.24, 2.45) is 0 Å². The molecule has 0 N–H and O–H groups in total. The Bertz CT molecular complexity index is 1240. The first-order chi connectivity index (χ1) is 32.5. The highest BCUT2D eigenvalue weighted by molar-refractivity contribution is 5.71. The van der Waals surface area contributed by atoms with E-state index < -0.39 is 6.10 Å². The molecule has 0 amide bonds. The van der Waals surface area contributed by atoms with Crippen LogP contribution >= 0.6 is 0 Å². The standard InChI is InChI=1S/C60H104O6/c1-4-7-10-13-16-19-22-25-28-30-33-35-38-41-44-47-50-53-59(62)65-56-57(55-64-58(61)52-49-46-43-40-37-34-31-27-24-21-18-15-12-9-6-3)66-60(63)54-51-48-45-42-39-36-32-29-26-23-20-17-14-11-8-5-2/h16,18-19,21,25,27-29,31-33,35,57H,4-15,17,20,22-24,26,30,34,36-56H2,1-3H3/b19-16-,21-18-,28-25-,31-27-,32-29-,35-33-/t57-/m1/s1. The number of carbonyl (C=O) groups excluding carboxylic acids is 3. The predicted octanol–water partition coefficient (Wildman–Crippen LogP) is 18.6. The van der Waals surface area contributed by atoms with E-state index >= 15 is 0 Å². The van der Waals surface area contributed by atoms with Gasteiger partial charge in [0.05, 0.1) is 0 Å². The lowest BCUT2D eigenvalue weighted by atomic mass is 10.1. The van der Waals surface area contributed by atoms with Gasteiger partial charge in [0.1, 0.15) is 13.2 Å². The minimum Gasteiger partial charge on any atom is -0.462 e. The zero-order valence-corrected chi connectivity index (χ0v) is 43.4. The van der Waals surface area contributed by atoms with Gasteiger partial charge in [0, 0.05) is 19.3 Å². The molecule has 0 saturated heterocycles. The highest BCUT2D eigenvalue weighted by Gasteiger charge is 2.19. The summed E-state index contributed by atoms with van der Waals surface area (Å²) >= 11 is 0. The lowest BCUT2D eigenvalue weighted by molar-refractivity contribution is -0.167. The number of esters is 3. The van der Waals surface area contributed by atoms with Gasteiger partial charge < -0.3 is 14.2 Å². The van der Waals surface area contributed by atoms with E-state index in [0.29, 0.717) is 19.3 Å². The first-order valence-electron chi connectivity index (χ1n) is 27.9. The molecule has 0 fully saturated rings. The number of rotatable bonds is 50. The van der Waals surface area contributed by atoms with E-state index in [-0.39, 0.29) is 31.1 Å². The zero-order chi connectivity index (χ0) is 47.9. The molecule has 1 atom stereocenters. The van der Waals surface area contributed by atoms with Crippen molar-refractivity contribution in [3.05, 3.63) is 72.9 Å². The van der Waals surface area contributed by atoms with Gasteiger partial charge in [-0.05, 0) is 116 Å². The van der Waals surface area contributed by atoms with Crippen LogP contribution in [0.2, 0.25) is 0 Å². The van der Waals surface area contributed by atoms with E-state index in [2.05, 4.69) is 93.7 Å². The predicted molar refractivity (Wildman–Crippen MR) is 284 cm³/mol. The average molecular weight is 921 g/mol. The molecule has 0 aromatic carbocycles. The van der Waals surface area contributed by atoms with Gasteiger partial charge >= 0.3 is 17.9 Å². The van der Waals surface area contributed by atoms with Crippen LogP contribution in [0, 0.1) is 0 Å². The fourth-order valence-electron chi connectivity index (χ4n) is 7.65. The summed E-state index contributed by atoms with van der Waals surface area (Å²) in [7, 11) is 0. The van der Waals surface area contributed by atoms with Gasteiger partial charge in [0.25, 0.3) is 0 Å². The smallest absolute Gasteiger partial charge is 0.306 e. The molecule has 0 rings (SSSR count). The Labute approximate surface area is 408 Å². The molecule has 6 heteroatoms. The molecule has 380 valence electrons. The summed E-state index contributed by atoms with van der Waals surface area (Å²) in [6.07, 6.45) is 68.8. The van der Waals surface area contributed by atoms with E-state index in [0.717, 1.165) is 122 Å². The summed E-state index contributed by atoms with van der Waals surface area (Å²) in [5, 5.41) is 0. The normalized spacial score (nSPS) is 12.6. The summed E-state index contributed by atoms with van der Waals surface area (Å²) in [5.41, 5.74) is 0. The van der Waals surface area contributed by atoms with Gasteiger partial charge in [-0.25, -0.2) is 0 Å². The minimum atomic E-state index is -0.795. The van der Waals surface area contributed by atoms with Crippen molar-refractivity contribution in [3.63, 3.8) is 0 Å². The van der Waals surface area contributed by atoms with Crippen LogP contribution in [0.5, 0.6) is 0 Å². The molecule has 0 saturated carbocycles. The largest absolute Gasteiger partial charge is 0.462 e. The molecule has 0 bridgehead atoms. The van der Waals surface area contributed by atoms with E-state index in [1.54, 1.807) is 0 Å². The molecule has 0 aromatic heterocycles. The molecule has 0 aliphatic heterocycles. The Morgan fingerprint density at radius 1 is 0.303 bits per heavy atom. The summed E-state index contributed by atoms with van der Waals surface area (Å²) in [5.74, 6) is -0.930. The van der Waals surface area contributed by atoms with Crippen molar-refractivity contribution < 1.29 is 28.6 Å². The number of ether oxygens (including phenoxy) is 3. The molecule has 0 radical (unpaired) electrons. The van der Waals surface area contributed by atoms with E-state index in [4.69, 9.17) is 14.2 Å². The lowest BCUT2D eigenvalue weighted by Gasteiger charge is -2.18. The van der Waals surface area contributed by atoms with E-state index in [1.165, 1.54) is 109 Å². The first kappa shape index (κ1) is 62.8. The van der Waals surface area contributed by atoms with Crippen LogP contribution in [0.4, 0.5) is 0 Å². The van der Waals surface area contributed by atoms with Crippen LogP contribution in [-0.2, 0) is 28.6 Å². The second-order valence-corrected chi connectivity index (χ2v) is 18.5. The minimum absolute atomic E-state index is 0.0932. The maximum Gasteiger partial charge on any atom is 0.306 e. The fraction of sp³-hybridized carbons (Fsp3) is 0.750. The summed E-state index contributed by atoms with van der Waals surface area (Å²) in [6, 6.07) is 0. The van der Waals surface area contributed by atoms with Gasteiger partial charge in [-0.15, -0.1) is 0 Å². The third-order valence-electron chi connectivity index (χ3n) is 11.9. The van der Waals surface area contributed by atoms with Crippen LogP contribution in [0.3, 0.4) is 0 Å². The number of hydrogen-bond acceptors (Lipinski definition) is 6. The van der Waals surface area contributed by atoms with Gasteiger partial charge in [0.15, 0.2) is 6.10 Å². The van der Waals surface area contributed by atoms with Crippen LogP contribution in [0.1, 0.15) is 271 Å². The highest BCUT2D eigenvalue weighted by atomic mass is 16.6. The molecule has 66 heavy (non-hydrogen) atoms. The van der Waals surface area contributed by atoms with Crippen LogP contribution < -0.4 is 0 Å². The van der Waals surface area contributed by atoms with E-state index in [1.807, 2.05) is 0 Å². The highest BCUT2D eigenvalue weighted by Crippen LogP contribution is 2.14. The van der Waals surface area contributed by atoms with Crippen molar-refractivity contribution in [1.82, 2.24) is 0 Å². The first-order valence-corrected chi connectivity index (χ1v) is 27.9. The number of hydrogen-bond donors (Lipinski definition) is 0.